The predicted molar refractivity (Wildman–Crippen MR) is 162 cm³/mol. The summed E-state index contributed by atoms with van der Waals surface area (Å²) < 4.78 is 11.3. The fraction of sp³-hybridized carbons (Fsp3) is 0.375. The molecule has 9 heteroatoms. The molecule has 0 bridgehead atoms. The topological polar surface area (TPSA) is 108 Å². The van der Waals surface area contributed by atoms with Gasteiger partial charge in [0.2, 0.25) is 0 Å². The number of nitrogens with zero attached hydrogens (tertiary/aromatic N) is 1. The van der Waals surface area contributed by atoms with Gasteiger partial charge in [-0.2, -0.15) is 0 Å². The molecule has 3 aromatic carbocycles. The van der Waals surface area contributed by atoms with E-state index in [4.69, 9.17) is 21.1 Å². The average molecular weight is 583 g/mol. The number of hydrogen-bond acceptors (Lipinski definition) is 6. The van der Waals surface area contributed by atoms with Gasteiger partial charge in [-0.05, 0) is 79.8 Å². The second kappa shape index (κ2) is 14.2. The Balaban J connectivity index is 1.67. The molecule has 0 radical (unpaired) electrons. The Morgan fingerprint density at radius 3 is 2.29 bits per heavy atom. The zero-order valence-corrected chi connectivity index (χ0v) is 24.9. The second-order valence-corrected chi connectivity index (χ2v) is 11.7. The predicted octanol–water partition coefficient (Wildman–Crippen LogP) is 7.12. The molecule has 0 heterocycles. The van der Waals surface area contributed by atoms with Crippen LogP contribution in [0.15, 0.2) is 66.7 Å². The van der Waals surface area contributed by atoms with Gasteiger partial charge < -0.3 is 29.9 Å². The molecule has 0 saturated heterocycles. The first-order chi connectivity index (χ1) is 19.3. The van der Waals surface area contributed by atoms with Crippen molar-refractivity contribution in [1.29, 1.82) is 0 Å². The lowest BCUT2D eigenvalue weighted by atomic mass is 10.0. The van der Waals surface area contributed by atoms with Gasteiger partial charge in [-0.25, -0.2) is 9.59 Å². The van der Waals surface area contributed by atoms with Crippen LogP contribution in [-0.4, -0.2) is 59.0 Å². The lowest BCUT2D eigenvalue weighted by Gasteiger charge is -2.29. The summed E-state index contributed by atoms with van der Waals surface area (Å²) in [6.07, 6.45) is -1.45. The molecule has 41 heavy (non-hydrogen) atoms. The highest BCUT2D eigenvalue weighted by Gasteiger charge is 2.24. The highest BCUT2D eigenvalue weighted by Crippen LogP contribution is 2.29. The van der Waals surface area contributed by atoms with Crippen molar-refractivity contribution >= 4 is 29.4 Å². The Hall–Kier alpha value is -3.75. The zero-order chi connectivity index (χ0) is 30.2. The molecule has 0 unspecified atom stereocenters. The normalized spacial score (nSPS) is 12.1. The van der Waals surface area contributed by atoms with Gasteiger partial charge in [0.05, 0.1) is 19.3 Å². The van der Waals surface area contributed by atoms with Crippen LogP contribution < -0.4 is 10.1 Å². The van der Waals surface area contributed by atoms with Gasteiger partial charge in [0, 0.05) is 23.8 Å². The second-order valence-electron chi connectivity index (χ2n) is 11.2. The SMILES string of the molecule is CC(C)COc1cc(-c2ccc(NCCN(C[C@H](O)c3cccc(Cl)c3)C(=O)OC(C)(C)C)cc2)ccc1C(=O)O. The fourth-order valence-corrected chi connectivity index (χ4v) is 4.18. The van der Waals surface area contributed by atoms with Crippen molar-refractivity contribution in [3.05, 3.63) is 82.9 Å². The van der Waals surface area contributed by atoms with E-state index in [2.05, 4.69) is 5.32 Å². The van der Waals surface area contributed by atoms with E-state index in [0.29, 0.717) is 36.0 Å². The third kappa shape index (κ3) is 9.99. The minimum Gasteiger partial charge on any atom is -0.492 e. The molecule has 0 aliphatic carbocycles. The summed E-state index contributed by atoms with van der Waals surface area (Å²) in [6, 6.07) is 19.7. The Bertz CT molecular complexity index is 1320. The minimum absolute atomic E-state index is 0.0451. The monoisotopic (exact) mass is 582 g/mol. The van der Waals surface area contributed by atoms with Gasteiger partial charge in [0.15, 0.2) is 0 Å². The summed E-state index contributed by atoms with van der Waals surface area (Å²) in [5, 5.41) is 24.1. The van der Waals surface area contributed by atoms with Crippen LogP contribution in [0.4, 0.5) is 10.5 Å². The van der Waals surface area contributed by atoms with Crippen LogP contribution in [0.3, 0.4) is 0 Å². The van der Waals surface area contributed by atoms with Gasteiger partial charge in [-0.3, -0.25) is 0 Å². The molecule has 220 valence electrons. The molecule has 3 aromatic rings. The number of carbonyl (C=O) groups excluding carboxylic acids is 1. The van der Waals surface area contributed by atoms with Crippen LogP contribution in [0.1, 0.15) is 56.6 Å². The quantitative estimate of drug-likeness (QED) is 0.208. The van der Waals surface area contributed by atoms with E-state index in [1.54, 1.807) is 63.2 Å². The summed E-state index contributed by atoms with van der Waals surface area (Å²) in [6.45, 7) is 10.6. The van der Waals surface area contributed by atoms with Crippen molar-refractivity contribution in [2.75, 3.05) is 31.6 Å². The molecule has 0 aliphatic rings. The summed E-state index contributed by atoms with van der Waals surface area (Å²) in [5.74, 6) is -0.430. The molecule has 1 amide bonds. The molecular formula is C32H39ClN2O6. The van der Waals surface area contributed by atoms with E-state index in [-0.39, 0.29) is 18.0 Å². The van der Waals surface area contributed by atoms with Crippen molar-refractivity contribution in [3.63, 3.8) is 0 Å². The van der Waals surface area contributed by atoms with Crippen molar-refractivity contribution < 1.29 is 29.3 Å². The number of halogens is 1. The molecule has 0 fully saturated rings. The number of carboxylic acids is 1. The highest BCUT2D eigenvalue weighted by molar-refractivity contribution is 6.30. The maximum Gasteiger partial charge on any atom is 0.410 e. The highest BCUT2D eigenvalue weighted by atomic mass is 35.5. The summed E-state index contributed by atoms with van der Waals surface area (Å²) >= 11 is 6.07. The number of ether oxygens (including phenoxy) is 2. The standard InChI is InChI=1S/C32H39ClN2O6/c1-21(2)20-40-29-18-23(11-14-27(29)30(37)38)22-9-12-26(13-10-22)34-15-16-35(31(39)41-32(3,4)5)19-28(36)24-7-6-8-25(33)17-24/h6-14,17-18,21,28,34,36H,15-16,19-20H2,1-5H3,(H,37,38)/t28-/m0/s1. The minimum atomic E-state index is -1.03. The van der Waals surface area contributed by atoms with Gasteiger partial charge in [0.1, 0.15) is 16.9 Å². The number of benzene rings is 3. The Labute approximate surface area is 246 Å². The molecule has 0 aliphatic heterocycles. The number of rotatable bonds is 12. The van der Waals surface area contributed by atoms with Crippen molar-refractivity contribution in [3.8, 4) is 16.9 Å². The van der Waals surface area contributed by atoms with Crippen LogP contribution in [0, 0.1) is 5.92 Å². The van der Waals surface area contributed by atoms with E-state index in [1.807, 2.05) is 38.1 Å². The third-order valence-electron chi connectivity index (χ3n) is 5.99. The number of amides is 1. The molecule has 8 nitrogen and oxygen atoms in total. The number of aliphatic hydroxyl groups excluding tert-OH is 1. The largest absolute Gasteiger partial charge is 0.492 e. The zero-order valence-electron chi connectivity index (χ0n) is 24.2. The van der Waals surface area contributed by atoms with E-state index in [1.165, 1.54) is 4.90 Å². The van der Waals surface area contributed by atoms with Crippen molar-refractivity contribution in [2.45, 2.75) is 46.3 Å². The van der Waals surface area contributed by atoms with Crippen molar-refractivity contribution in [1.82, 2.24) is 4.90 Å². The number of carbonyl (C=O) groups is 2. The molecule has 3 rings (SSSR count). The van der Waals surface area contributed by atoms with Crippen LogP contribution in [0.2, 0.25) is 5.02 Å². The number of aliphatic hydroxyl groups is 1. The Morgan fingerprint density at radius 1 is 1.00 bits per heavy atom. The molecule has 0 spiro atoms. The molecular weight excluding hydrogens is 544 g/mol. The van der Waals surface area contributed by atoms with E-state index in [0.717, 1.165) is 16.8 Å². The van der Waals surface area contributed by atoms with Gasteiger partial charge >= 0.3 is 12.1 Å². The van der Waals surface area contributed by atoms with Crippen LogP contribution in [0.25, 0.3) is 11.1 Å². The maximum atomic E-state index is 12.9. The molecule has 1 atom stereocenters. The van der Waals surface area contributed by atoms with Crippen LogP contribution in [-0.2, 0) is 4.74 Å². The number of aromatic carboxylic acids is 1. The summed E-state index contributed by atoms with van der Waals surface area (Å²) in [7, 11) is 0. The fourth-order valence-electron chi connectivity index (χ4n) is 3.98. The molecule has 0 saturated carbocycles. The lowest BCUT2D eigenvalue weighted by molar-refractivity contribution is 0.0153. The van der Waals surface area contributed by atoms with Gasteiger partial charge in [-0.1, -0.05) is 55.8 Å². The number of carboxylic acid groups (broad SMARTS) is 1. The Kier molecular flexibility index (Phi) is 11.0. The first kappa shape index (κ1) is 31.8. The van der Waals surface area contributed by atoms with E-state index < -0.39 is 23.8 Å². The van der Waals surface area contributed by atoms with E-state index >= 15 is 0 Å². The lowest BCUT2D eigenvalue weighted by Crippen LogP contribution is -2.41. The summed E-state index contributed by atoms with van der Waals surface area (Å²) in [5.41, 5.74) is 2.65. The first-order valence-corrected chi connectivity index (χ1v) is 14.0. The van der Waals surface area contributed by atoms with Crippen molar-refractivity contribution in [2.24, 2.45) is 5.92 Å². The number of hydrogen-bond donors (Lipinski definition) is 3. The average Bonchev–Trinajstić information content (AvgIpc) is 2.90. The van der Waals surface area contributed by atoms with Crippen LogP contribution in [0.5, 0.6) is 5.75 Å². The third-order valence-corrected chi connectivity index (χ3v) is 6.23. The maximum absolute atomic E-state index is 12.9. The number of nitrogens with one attached hydrogen (secondary N) is 1. The number of anilines is 1. The Morgan fingerprint density at radius 2 is 1.68 bits per heavy atom. The van der Waals surface area contributed by atoms with E-state index in [9.17, 15) is 19.8 Å². The van der Waals surface area contributed by atoms with Gasteiger partial charge in [-0.15, -0.1) is 0 Å². The van der Waals surface area contributed by atoms with Crippen LogP contribution >= 0.6 is 11.6 Å². The van der Waals surface area contributed by atoms with Gasteiger partial charge in [0.25, 0.3) is 0 Å². The smallest absolute Gasteiger partial charge is 0.410 e. The first-order valence-electron chi connectivity index (χ1n) is 13.6. The molecule has 0 aromatic heterocycles. The molecule has 3 N–H and O–H groups in total. The summed E-state index contributed by atoms with van der Waals surface area (Å²) in [4.78, 5) is 26.0.